The highest BCUT2D eigenvalue weighted by atomic mass is 16.5. The SMILES string of the molecule is COc1ccccc1C(CNC(=O)c1c(C)nn2cccnc12)N(C)C. The van der Waals surface area contributed by atoms with Crippen molar-refractivity contribution in [1.29, 1.82) is 0 Å². The highest BCUT2D eigenvalue weighted by Crippen LogP contribution is 2.27. The number of amides is 1. The molecule has 2 aromatic heterocycles. The van der Waals surface area contributed by atoms with Crippen LogP contribution in [-0.4, -0.2) is 53.2 Å². The molecule has 0 saturated carbocycles. The Labute approximate surface area is 152 Å². The van der Waals surface area contributed by atoms with Gasteiger partial charge in [0.15, 0.2) is 5.65 Å². The first-order chi connectivity index (χ1) is 12.5. The summed E-state index contributed by atoms with van der Waals surface area (Å²) in [5.74, 6) is 0.618. The van der Waals surface area contributed by atoms with Crippen LogP contribution in [-0.2, 0) is 0 Å². The molecule has 1 unspecified atom stereocenters. The molecule has 2 heterocycles. The van der Waals surface area contributed by atoms with Crippen LogP contribution in [0.3, 0.4) is 0 Å². The minimum absolute atomic E-state index is 0.0230. The molecule has 0 fully saturated rings. The van der Waals surface area contributed by atoms with Crippen LogP contribution in [0.15, 0.2) is 42.7 Å². The van der Waals surface area contributed by atoms with Gasteiger partial charge in [-0.1, -0.05) is 18.2 Å². The minimum Gasteiger partial charge on any atom is -0.496 e. The van der Waals surface area contributed by atoms with Gasteiger partial charge in [-0.3, -0.25) is 4.79 Å². The minimum atomic E-state index is -0.182. The predicted octanol–water partition coefficient (Wildman–Crippen LogP) is 2.08. The second-order valence-electron chi connectivity index (χ2n) is 6.28. The van der Waals surface area contributed by atoms with Crippen molar-refractivity contribution in [3.05, 3.63) is 59.5 Å². The zero-order valence-electron chi connectivity index (χ0n) is 15.4. The quantitative estimate of drug-likeness (QED) is 0.735. The van der Waals surface area contributed by atoms with Crippen LogP contribution >= 0.6 is 0 Å². The standard InChI is InChI=1S/C19H23N5O2/c1-13-17(18-20-10-7-11-24(18)22-13)19(25)21-12-15(23(2)3)14-8-5-6-9-16(14)26-4/h5-11,15H,12H2,1-4H3,(H,21,25). The Morgan fingerprint density at radius 3 is 2.81 bits per heavy atom. The van der Waals surface area contributed by atoms with Gasteiger partial charge in [-0.2, -0.15) is 5.10 Å². The lowest BCUT2D eigenvalue weighted by molar-refractivity contribution is 0.0942. The van der Waals surface area contributed by atoms with Gasteiger partial charge >= 0.3 is 0 Å². The van der Waals surface area contributed by atoms with Gasteiger partial charge in [-0.05, 0) is 33.2 Å². The molecule has 7 heteroatoms. The van der Waals surface area contributed by atoms with Crippen molar-refractivity contribution >= 4 is 11.6 Å². The molecule has 0 spiro atoms. The maximum Gasteiger partial charge on any atom is 0.257 e. The number of para-hydroxylation sites is 1. The van der Waals surface area contributed by atoms with Gasteiger partial charge in [0.05, 0.1) is 18.8 Å². The molecule has 1 amide bonds. The molecule has 3 aromatic rings. The number of carbonyl (C=O) groups excluding carboxylic acids is 1. The van der Waals surface area contributed by atoms with Crippen molar-refractivity contribution in [3.8, 4) is 5.75 Å². The predicted molar refractivity (Wildman–Crippen MR) is 99.5 cm³/mol. The van der Waals surface area contributed by atoms with Gasteiger partial charge in [-0.25, -0.2) is 9.50 Å². The summed E-state index contributed by atoms with van der Waals surface area (Å²) in [6.07, 6.45) is 3.44. The molecule has 1 N–H and O–H groups in total. The zero-order chi connectivity index (χ0) is 18.7. The summed E-state index contributed by atoms with van der Waals surface area (Å²) in [4.78, 5) is 19.1. The van der Waals surface area contributed by atoms with Crippen molar-refractivity contribution in [3.63, 3.8) is 0 Å². The lowest BCUT2D eigenvalue weighted by Crippen LogP contribution is -2.35. The molecule has 0 aliphatic carbocycles. The van der Waals surface area contributed by atoms with E-state index in [1.54, 1.807) is 30.1 Å². The largest absolute Gasteiger partial charge is 0.496 e. The Kier molecular flexibility index (Phi) is 5.18. The van der Waals surface area contributed by atoms with Crippen molar-refractivity contribution in [2.75, 3.05) is 27.7 Å². The monoisotopic (exact) mass is 353 g/mol. The van der Waals surface area contributed by atoms with E-state index in [-0.39, 0.29) is 11.9 Å². The lowest BCUT2D eigenvalue weighted by atomic mass is 10.0. The van der Waals surface area contributed by atoms with Crippen LogP contribution in [0.4, 0.5) is 0 Å². The number of benzene rings is 1. The molecule has 26 heavy (non-hydrogen) atoms. The second-order valence-corrected chi connectivity index (χ2v) is 6.28. The number of methoxy groups -OCH3 is 1. The van der Waals surface area contributed by atoms with Crippen molar-refractivity contribution in [2.45, 2.75) is 13.0 Å². The van der Waals surface area contributed by atoms with E-state index in [0.29, 0.717) is 23.4 Å². The van der Waals surface area contributed by atoms with E-state index in [4.69, 9.17) is 4.74 Å². The van der Waals surface area contributed by atoms with E-state index in [1.165, 1.54) is 0 Å². The second kappa shape index (κ2) is 7.53. The molecule has 0 radical (unpaired) electrons. The Morgan fingerprint density at radius 1 is 1.31 bits per heavy atom. The summed E-state index contributed by atoms with van der Waals surface area (Å²) in [5, 5.41) is 7.36. The molecule has 3 rings (SSSR count). The number of nitrogens with one attached hydrogen (secondary N) is 1. The van der Waals surface area contributed by atoms with Crippen molar-refractivity contribution in [2.24, 2.45) is 0 Å². The number of likely N-dealkylation sites (N-methyl/N-ethyl adjacent to an activating group) is 1. The highest BCUT2D eigenvalue weighted by Gasteiger charge is 2.22. The van der Waals surface area contributed by atoms with Crippen LogP contribution in [0.25, 0.3) is 5.65 Å². The van der Waals surface area contributed by atoms with Crippen LogP contribution < -0.4 is 10.1 Å². The van der Waals surface area contributed by atoms with E-state index in [1.807, 2.05) is 45.3 Å². The summed E-state index contributed by atoms with van der Waals surface area (Å²) >= 11 is 0. The number of ether oxygens (including phenoxy) is 1. The van der Waals surface area contributed by atoms with E-state index in [9.17, 15) is 4.79 Å². The molecule has 7 nitrogen and oxygen atoms in total. The Balaban J connectivity index is 1.83. The van der Waals surface area contributed by atoms with E-state index >= 15 is 0 Å². The number of aryl methyl sites for hydroxylation is 1. The molecule has 0 aliphatic rings. The first-order valence-electron chi connectivity index (χ1n) is 8.40. The Bertz CT molecular complexity index is 919. The number of carbonyl (C=O) groups is 1. The molecule has 1 atom stereocenters. The third kappa shape index (κ3) is 3.39. The van der Waals surface area contributed by atoms with Gasteiger partial charge < -0.3 is 15.0 Å². The lowest BCUT2D eigenvalue weighted by Gasteiger charge is -2.26. The maximum absolute atomic E-state index is 12.8. The molecular formula is C19H23N5O2. The third-order valence-corrected chi connectivity index (χ3v) is 4.37. The number of hydrogen-bond donors (Lipinski definition) is 1. The van der Waals surface area contributed by atoms with Crippen molar-refractivity contribution < 1.29 is 9.53 Å². The fourth-order valence-electron chi connectivity index (χ4n) is 3.05. The number of nitrogens with zero attached hydrogens (tertiary/aromatic N) is 4. The molecule has 0 bridgehead atoms. The summed E-state index contributed by atoms with van der Waals surface area (Å²) in [6.45, 7) is 2.25. The zero-order valence-corrected chi connectivity index (χ0v) is 15.4. The number of rotatable bonds is 6. The third-order valence-electron chi connectivity index (χ3n) is 4.37. The number of hydrogen-bond acceptors (Lipinski definition) is 5. The average Bonchev–Trinajstić information content (AvgIpc) is 2.97. The van der Waals surface area contributed by atoms with E-state index in [2.05, 4.69) is 20.3 Å². The summed E-state index contributed by atoms with van der Waals surface area (Å²) < 4.78 is 7.09. The first kappa shape index (κ1) is 17.9. The molecular weight excluding hydrogens is 330 g/mol. The van der Waals surface area contributed by atoms with Gasteiger partial charge in [0.25, 0.3) is 5.91 Å². The summed E-state index contributed by atoms with van der Waals surface area (Å²) in [5.41, 5.74) is 2.74. The topological polar surface area (TPSA) is 71.8 Å². The number of fused-ring (bicyclic) bond motifs is 1. The normalized spacial score (nSPS) is 12.3. The van der Waals surface area contributed by atoms with E-state index in [0.717, 1.165) is 11.3 Å². The summed E-state index contributed by atoms with van der Waals surface area (Å²) in [7, 11) is 5.61. The molecule has 1 aromatic carbocycles. The number of aromatic nitrogens is 3. The average molecular weight is 353 g/mol. The van der Waals surface area contributed by atoms with E-state index < -0.39 is 0 Å². The van der Waals surface area contributed by atoms with Crippen LogP contribution in [0.5, 0.6) is 5.75 Å². The Hall–Kier alpha value is -2.93. The smallest absolute Gasteiger partial charge is 0.257 e. The molecule has 136 valence electrons. The summed E-state index contributed by atoms with van der Waals surface area (Å²) in [6, 6.07) is 9.59. The van der Waals surface area contributed by atoms with Gasteiger partial charge in [0.1, 0.15) is 11.3 Å². The fourth-order valence-corrected chi connectivity index (χ4v) is 3.05. The molecule has 0 aliphatic heterocycles. The van der Waals surface area contributed by atoms with Crippen LogP contribution in [0.1, 0.15) is 27.7 Å². The van der Waals surface area contributed by atoms with Gasteiger partial charge in [-0.15, -0.1) is 0 Å². The first-order valence-corrected chi connectivity index (χ1v) is 8.40. The molecule has 0 saturated heterocycles. The van der Waals surface area contributed by atoms with Crippen molar-refractivity contribution in [1.82, 2.24) is 24.8 Å². The highest BCUT2D eigenvalue weighted by molar-refractivity contribution is 6.01. The van der Waals surface area contributed by atoms with Gasteiger partial charge in [0.2, 0.25) is 0 Å². The van der Waals surface area contributed by atoms with Gasteiger partial charge in [0, 0.05) is 24.5 Å². The maximum atomic E-state index is 12.8. The Morgan fingerprint density at radius 2 is 2.08 bits per heavy atom. The fraction of sp³-hybridized carbons (Fsp3) is 0.316. The van der Waals surface area contributed by atoms with Crippen LogP contribution in [0.2, 0.25) is 0 Å². The van der Waals surface area contributed by atoms with Crippen LogP contribution in [0, 0.1) is 6.92 Å².